The van der Waals surface area contributed by atoms with Crippen molar-refractivity contribution in [2.24, 2.45) is 0 Å². The van der Waals surface area contributed by atoms with Crippen molar-refractivity contribution in [2.45, 2.75) is 91.4 Å². The second-order valence-electron chi connectivity index (χ2n) is 8.42. The Labute approximate surface area is 158 Å². The molecular weight excluding hydrogens is 326 g/mol. The number of aliphatic hydroxyl groups is 1. The Morgan fingerprint density at radius 3 is 1.96 bits per heavy atom. The van der Waals surface area contributed by atoms with E-state index in [4.69, 9.17) is 4.74 Å². The summed E-state index contributed by atoms with van der Waals surface area (Å²) in [4.78, 5) is 14.0. The number of rotatable bonds is 5. The number of ether oxygens (including phenoxy) is 1. The molecule has 0 aliphatic carbocycles. The van der Waals surface area contributed by atoms with Crippen LogP contribution in [0.3, 0.4) is 0 Å². The van der Waals surface area contributed by atoms with E-state index in [1.165, 1.54) is 21.6 Å². The predicted molar refractivity (Wildman–Crippen MR) is 106 cm³/mol. The van der Waals surface area contributed by atoms with Crippen LogP contribution in [0.2, 0.25) is 0 Å². The molecule has 1 fully saturated rings. The number of carbonyl (C=O) groups excluding carboxylic acids is 1. The van der Waals surface area contributed by atoms with Gasteiger partial charge in [-0.2, -0.15) is 0 Å². The molecule has 4 nitrogen and oxygen atoms in total. The molecule has 1 aromatic carbocycles. The van der Waals surface area contributed by atoms with E-state index >= 15 is 0 Å². The zero-order chi connectivity index (χ0) is 19.6. The van der Waals surface area contributed by atoms with Gasteiger partial charge in [-0.25, -0.2) is 4.79 Å². The van der Waals surface area contributed by atoms with Crippen LogP contribution in [-0.2, 0) is 4.74 Å². The van der Waals surface area contributed by atoms with E-state index in [0.29, 0.717) is 30.7 Å². The van der Waals surface area contributed by atoms with Crippen molar-refractivity contribution in [3.8, 4) is 0 Å². The van der Waals surface area contributed by atoms with Crippen molar-refractivity contribution in [1.29, 1.82) is 0 Å². The van der Waals surface area contributed by atoms with Gasteiger partial charge in [0.15, 0.2) is 0 Å². The van der Waals surface area contributed by atoms with Gasteiger partial charge in [-0.15, -0.1) is 0 Å². The third-order valence-corrected chi connectivity index (χ3v) is 5.32. The molecule has 4 heteroatoms. The first-order chi connectivity index (χ1) is 12.1. The summed E-state index contributed by atoms with van der Waals surface area (Å²) >= 11 is 0. The van der Waals surface area contributed by atoms with Crippen LogP contribution < -0.4 is 0 Å². The molecule has 0 radical (unpaired) electrons. The number of carbonyl (C=O) groups is 1. The molecule has 1 heterocycles. The van der Waals surface area contributed by atoms with Crippen molar-refractivity contribution in [2.75, 3.05) is 6.54 Å². The van der Waals surface area contributed by atoms with Crippen molar-refractivity contribution in [3.05, 3.63) is 34.4 Å². The minimum atomic E-state index is -0.716. The monoisotopic (exact) mass is 361 g/mol. The lowest BCUT2D eigenvalue weighted by Gasteiger charge is -2.28. The molecule has 1 unspecified atom stereocenters. The quantitative estimate of drug-likeness (QED) is 0.735. The second kappa shape index (κ2) is 8.43. The molecule has 1 aliphatic heterocycles. The first kappa shape index (κ1) is 20.8. The molecule has 1 aliphatic rings. The average Bonchev–Trinajstić information content (AvgIpc) is 2.99. The molecule has 1 N–H and O–H groups in total. The van der Waals surface area contributed by atoms with E-state index in [2.05, 4.69) is 53.7 Å². The maximum atomic E-state index is 12.5. The Balaban J connectivity index is 2.40. The number of amides is 1. The summed E-state index contributed by atoms with van der Waals surface area (Å²) in [6.07, 6.45) is -0.0261. The Morgan fingerprint density at radius 2 is 1.58 bits per heavy atom. The van der Waals surface area contributed by atoms with Gasteiger partial charge in [0.2, 0.25) is 0 Å². The van der Waals surface area contributed by atoms with Gasteiger partial charge in [0, 0.05) is 6.54 Å². The van der Waals surface area contributed by atoms with Crippen LogP contribution in [0.1, 0.15) is 107 Å². The van der Waals surface area contributed by atoms with Gasteiger partial charge in [-0.3, -0.25) is 4.90 Å². The first-order valence-corrected chi connectivity index (χ1v) is 9.96. The van der Waals surface area contributed by atoms with Gasteiger partial charge in [0.25, 0.3) is 0 Å². The van der Waals surface area contributed by atoms with Crippen LogP contribution in [0.25, 0.3) is 0 Å². The number of hydrogen-bond acceptors (Lipinski definition) is 3. The number of benzene rings is 1. The molecule has 0 spiro atoms. The van der Waals surface area contributed by atoms with Crippen LogP contribution in [-0.4, -0.2) is 28.9 Å². The van der Waals surface area contributed by atoms with Gasteiger partial charge in [-0.1, -0.05) is 53.7 Å². The highest BCUT2D eigenvalue weighted by Crippen LogP contribution is 2.37. The summed E-state index contributed by atoms with van der Waals surface area (Å²) in [5.41, 5.74) is 4.96. The lowest BCUT2D eigenvalue weighted by atomic mass is 9.82. The van der Waals surface area contributed by atoms with Gasteiger partial charge >= 0.3 is 6.09 Å². The molecule has 2 rings (SSSR count). The number of aliphatic hydroxyl groups excluding tert-OH is 1. The minimum absolute atomic E-state index is 0.341. The highest BCUT2D eigenvalue weighted by atomic mass is 16.6. The molecule has 146 valence electrons. The fraction of sp³-hybridized carbons (Fsp3) is 0.682. The van der Waals surface area contributed by atoms with E-state index in [-0.39, 0.29) is 6.10 Å². The summed E-state index contributed by atoms with van der Waals surface area (Å²) in [6, 6.07) is 4.54. The summed E-state index contributed by atoms with van der Waals surface area (Å²) in [5.74, 6) is 1.15. The second-order valence-corrected chi connectivity index (χ2v) is 8.42. The highest BCUT2D eigenvalue weighted by Gasteiger charge is 2.31. The first-order valence-electron chi connectivity index (χ1n) is 9.96. The number of hydrogen-bond donors (Lipinski definition) is 1. The summed E-state index contributed by atoms with van der Waals surface area (Å²) in [6.45, 7) is 15.7. The van der Waals surface area contributed by atoms with Gasteiger partial charge in [0.1, 0.15) is 12.3 Å². The SMILES string of the molecule is CC(C)c1cc(C(C)C)c([C@@H](C)OC(=O)N2CCCC2O)c(C(C)C)c1. The van der Waals surface area contributed by atoms with Gasteiger partial charge in [-0.05, 0) is 59.8 Å². The molecule has 1 saturated heterocycles. The lowest BCUT2D eigenvalue weighted by Crippen LogP contribution is -2.36. The summed E-state index contributed by atoms with van der Waals surface area (Å²) in [5, 5.41) is 9.95. The van der Waals surface area contributed by atoms with E-state index in [1.54, 1.807) is 0 Å². The van der Waals surface area contributed by atoms with Crippen LogP contribution in [0.15, 0.2) is 12.1 Å². The number of nitrogens with zero attached hydrogens (tertiary/aromatic N) is 1. The van der Waals surface area contributed by atoms with Gasteiger partial charge in [0.05, 0.1) is 0 Å². The lowest BCUT2D eigenvalue weighted by molar-refractivity contribution is 0.0102. The van der Waals surface area contributed by atoms with Crippen molar-refractivity contribution in [1.82, 2.24) is 4.90 Å². The average molecular weight is 362 g/mol. The molecule has 2 atom stereocenters. The smallest absolute Gasteiger partial charge is 0.412 e. The van der Waals surface area contributed by atoms with E-state index in [1.807, 2.05) is 6.92 Å². The standard InChI is InChI=1S/C22H35NO3/c1-13(2)17-11-18(14(3)4)21(19(12-17)15(5)6)16(7)26-22(25)23-10-8-9-20(23)24/h11-16,20,24H,8-10H2,1-7H3/t16-,20?/m1/s1. The van der Waals surface area contributed by atoms with Crippen LogP contribution in [0.5, 0.6) is 0 Å². The normalized spacial score (nSPS) is 18.9. The molecule has 1 amide bonds. The third kappa shape index (κ3) is 4.40. The van der Waals surface area contributed by atoms with E-state index < -0.39 is 12.3 Å². The molecule has 0 bridgehead atoms. The Hall–Kier alpha value is -1.55. The molecular formula is C22H35NO3. The Morgan fingerprint density at radius 1 is 1.04 bits per heavy atom. The maximum Gasteiger partial charge on any atom is 0.412 e. The summed E-state index contributed by atoms with van der Waals surface area (Å²) in [7, 11) is 0. The Kier molecular flexibility index (Phi) is 6.73. The molecule has 1 aromatic rings. The number of likely N-dealkylation sites (tertiary alicyclic amines) is 1. The fourth-order valence-corrected chi connectivity index (χ4v) is 3.72. The van der Waals surface area contributed by atoms with E-state index in [9.17, 15) is 9.90 Å². The summed E-state index contributed by atoms with van der Waals surface area (Å²) < 4.78 is 5.80. The van der Waals surface area contributed by atoms with Crippen LogP contribution in [0.4, 0.5) is 4.79 Å². The van der Waals surface area contributed by atoms with Gasteiger partial charge < -0.3 is 9.84 Å². The molecule has 0 aromatic heterocycles. The van der Waals surface area contributed by atoms with Crippen molar-refractivity contribution in [3.63, 3.8) is 0 Å². The van der Waals surface area contributed by atoms with Crippen molar-refractivity contribution >= 4 is 6.09 Å². The fourth-order valence-electron chi connectivity index (χ4n) is 3.72. The largest absolute Gasteiger partial charge is 0.441 e. The zero-order valence-corrected chi connectivity index (χ0v) is 17.4. The maximum absolute atomic E-state index is 12.5. The predicted octanol–water partition coefficient (Wildman–Crippen LogP) is 5.67. The Bertz CT molecular complexity index is 607. The van der Waals surface area contributed by atoms with Crippen LogP contribution >= 0.6 is 0 Å². The molecule has 26 heavy (non-hydrogen) atoms. The minimum Gasteiger partial charge on any atom is -0.441 e. The molecule has 0 saturated carbocycles. The van der Waals surface area contributed by atoms with Crippen LogP contribution in [0, 0.1) is 0 Å². The van der Waals surface area contributed by atoms with Crippen molar-refractivity contribution < 1.29 is 14.6 Å². The topological polar surface area (TPSA) is 49.8 Å². The van der Waals surface area contributed by atoms with E-state index in [0.717, 1.165) is 12.0 Å². The highest BCUT2D eigenvalue weighted by molar-refractivity contribution is 5.68. The third-order valence-electron chi connectivity index (χ3n) is 5.32. The zero-order valence-electron chi connectivity index (χ0n) is 17.4.